The summed E-state index contributed by atoms with van der Waals surface area (Å²) in [6, 6.07) is 13.9. The van der Waals surface area contributed by atoms with Gasteiger partial charge in [-0.2, -0.15) is 0 Å². The third-order valence-corrected chi connectivity index (χ3v) is 5.61. The lowest BCUT2D eigenvalue weighted by Gasteiger charge is -2.30. The van der Waals surface area contributed by atoms with Gasteiger partial charge in [0.25, 0.3) is 0 Å². The van der Waals surface area contributed by atoms with Gasteiger partial charge in [-0.15, -0.1) is 0 Å². The van der Waals surface area contributed by atoms with Gasteiger partial charge in [-0.1, -0.05) is 42.5 Å². The molecular formula is C22H28N4O3. The number of hydrogen-bond acceptors (Lipinski definition) is 4. The number of urea groups is 2. The van der Waals surface area contributed by atoms with Crippen molar-refractivity contribution in [1.29, 1.82) is 0 Å². The van der Waals surface area contributed by atoms with E-state index in [9.17, 15) is 9.59 Å². The van der Waals surface area contributed by atoms with Crippen LogP contribution in [-0.2, 0) is 11.3 Å². The molecule has 0 spiro atoms. The van der Waals surface area contributed by atoms with Crippen molar-refractivity contribution in [3.05, 3.63) is 48.0 Å². The lowest BCUT2D eigenvalue weighted by atomic mass is 10.0. The molecule has 0 atom stereocenters. The zero-order valence-corrected chi connectivity index (χ0v) is 16.7. The van der Waals surface area contributed by atoms with E-state index in [1.807, 2.05) is 23.1 Å². The summed E-state index contributed by atoms with van der Waals surface area (Å²) in [6.07, 6.45) is 0.867. The molecule has 0 bridgehead atoms. The number of carbonyl (C=O) groups is 2. The molecule has 4 amide bonds. The number of morpholine rings is 1. The Bertz CT molecular complexity index is 861. The fourth-order valence-electron chi connectivity index (χ4n) is 4.01. The van der Waals surface area contributed by atoms with Crippen molar-refractivity contribution >= 4 is 22.8 Å². The Morgan fingerprint density at radius 1 is 1.07 bits per heavy atom. The minimum absolute atomic E-state index is 0.213. The number of fused-ring (bicyclic) bond motifs is 1. The molecule has 154 valence electrons. The minimum Gasteiger partial charge on any atom is -0.379 e. The maximum absolute atomic E-state index is 13.1. The molecular weight excluding hydrogens is 368 g/mol. The van der Waals surface area contributed by atoms with E-state index in [1.165, 1.54) is 4.90 Å². The van der Waals surface area contributed by atoms with Crippen LogP contribution in [0.5, 0.6) is 0 Å². The van der Waals surface area contributed by atoms with Crippen LogP contribution >= 0.6 is 0 Å². The molecule has 2 aliphatic rings. The molecule has 0 aromatic heterocycles. The van der Waals surface area contributed by atoms with Gasteiger partial charge in [-0.3, -0.25) is 4.90 Å². The third kappa shape index (κ3) is 4.68. The first kappa shape index (κ1) is 19.7. The first-order valence-electron chi connectivity index (χ1n) is 10.3. The van der Waals surface area contributed by atoms with E-state index in [0.29, 0.717) is 26.2 Å². The molecule has 7 heteroatoms. The molecule has 0 saturated carbocycles. The smallest absolute Gasteiger partial charge is 0.328 e. The Hall–Kier alpha value is -2.64. The Morgan fingerprint density at radius 3 is 2.66 bits per heavy atom. The van der Waals surface area contributed by atoms with Gasteiger partial charge < -0.3 is 15.0 Å². The van der Waals surface area contributed by atoms with E-state index >= 15 is 0 Å². The quantitative estimate of drug-likeness (QED) is 0.815. The normalized spacial score (nSPS) is 17.5. The molecule has 2 aromatic carbocycles. The van der Waals surface area contributed by atoms with Gasteiger partial charge in [-0.05, 0) is 22.8 Å². The van der Waals surface area contributed by atoms with E-state index < -0.39 is 0 Å². The average molecular weight is 396 g/mol. The van der Waals surface area contributed by atoms with Crippen LogP contribution in [0.2, 0.25) is 0 Å². The molecule has 2 fully saturated rings. The molecule has 2 aromatic rings. The van der Waals surface area contributed by atoms with Gasteiger partial charge in [0.05, 0.1) is 13.2 Å². The van der Waals surface area contributed by atoms with Gasteiger partial charge in [0.2, 0.25) is 0 Å². The van der Waals surface area contributed by atoms with Crippen molar-refractivity contribution in [2.24, 2.45) is 0 Å². The van der Waals surface area contributed by atoms with E-state index in [4.69, 9.17) is 4.74 Å². The molecule has 0 unspecified atom stereocenters. The zero-order chi connectivity index (χ0) is 20.1. The van der Waals surface area contributed by atoms with Crippen molar-refractivity contribution in [2.75, 3.05) is 52.5 Å². The van der Waals surface area contributed by atoms with Crippen LogP contribution in [0.15, 0.2) is 42.5 Å². The van der Waals surface area contributed by atoms with Gasteiger partial charge in [0, 0.05) is 45.8 Å². The SMILES string of the molecule is O=C1NCCN1C(=O)N(CCCN1CCOCC1)Cc1cccc2ccccc12. The standard InChI is InChI=1S/C22H28N4O3/c27-21-23-9-12-26(21)22(28)25(11-4-10-24-13-15-29-16-14-24)17-19-7-3-6-18-5-1-2-8-20(18)19/h1-3,5-8H,4,9-17H2,(H,23,27). The van der Waals surface area contributed by atoms with Crippen LogP contribution in [0.4, 0.5) is 9.59 Å². The number of rotatable bonds is 6. The number of benzene rings is 2. The summed E-state index contributed by atoms with van der Waals surface area (Å²) < 4.78 is 5.41. The molecule has 2 aliphatic heterocycles. The van der Waals surface area contributed by atoms with E-state index in [-0.39, 0.29) is 12.1 Å². The first-order chi connectivity index (χ1) is 14.2. The van der Waals surface area contributed by atoms with Crippen LogP contribution in [-0.4, -0.2) is 79.2 Å². The Morgan fingerprint density at radius 2 is 1.86 bits per heavy atom. The van der Waals surface area contributed by atoms with Crippen molar-refractivity contribution < 1.29 is 14.3 Å². The number of nitrogens with zero attached hydrogens (tertiary/aromatic N) is 3. The number of nitrogens with one attached hydrogen (secondary N) is 1. The molecule has 29 heavy (non-hydrogen) atoms. The number of carbonyl (C=O) groups excluding carboxylic acids is 2. The van der Waals surface area contributed by atoms with E-state index in [1.54, 1.807) is 0 Å². The largest absolute Gasteiger partial charge is 0.379 e. The number of hydrogen-bond donors (Lipinski definition) is 1. The number of ether oxygens (including phenoxy) is 1. The predicted octanol–water partition coefficient (Wildman–Crippen LogP) is 2.51. The Balaban J connectivity index is 1.49. The fourth-order valence-corrected chi connectivity index (χ4v) is 4.01. The highest BCUT2D eigenvalue weighted by Crippen LogP contribution is 2.21. The van der Waals surface area contributed by atoms with Gasteiger partial charge in [-0.25, -0.2) is 14.5 Å². The summed E-state index contributed by atoms with van der Waals surface area (Å²) in [4.78, 5) is 30.7. The van der Waals surface area contributed by atoms with Crippen molar-refractivity contribution in [2.45, 2.75) is 13.0 Å². The van der Waals surface area contributed by atoms with Crippen molar-refractivity contribution in [3.63, 3.8) is 0 Å². The maximum Gasteiger partial charge on any atom is 0.328 e. The molecule has 0 radical (unpaired) electrons. The lowest BCUT2D eigenvalue weighted by molar-refractivity contribution is 0.0363. The predicted molar refractivity (Wildman–Crippen MR) is 112 cm³/mol. The average Bonchev–Trinajstić information content (AvgIpc) is 3.19. The summed E-state index contributed by atoms with van der Waals surface area (Å²) in [6.45, 7) is 6.38. The van der Waals surface area contributed by atoms with Gasteiger partial charge in [0.15, 0.2) is 0 Å². The summed E-state index contributed by atoms with van der Waals surface area (Å²) in [7, 11) is 0. The molecule has 2 saturated heterocycles. The van der Waals surface area contributed by atoms with E-state index in [2.05, 4.69) is 34.5 Å². The minimum atomic E-state index is -0.300. The van der Waals surface area contributed by atoms with Gasteiger partial charge >= 0.3 is 12.1 Å². The summed E-state index contributed by atoms with van der Waals surface area (Å²) >= 11 is 0. The second-order valence-electron chi connectivity index (χ2n) is 7.53. The molecule has 4 rings (SSSR count). The topological polar surface area (TPSA) is 65.1 Å². The lowest BCUT2D eigenvalue weighted by Crippen LogP contribution is -2.45. The van der Waals surface area contributed by atoms with Crippen molar-refractivity contribution in [3.8, 4) is 0 Å². The fraction of sp³-hybridized carbons (Fsp3) is 0.455. The first-order valence-corrected chi connectivity index (χ1v) is 10.3. The maximum atomic E-state index is 13.1. The molecule has 1 N–H and O–H groups in total. The summed E-state index contributed by atoms with van der Waals surface area (Å²) in [5.74, 6) is 0. The van der Waals surface area contributed by atoms with Crippen LogP contribution in [0.1, 0.15) is 12.0 Å². The third-order valence-electron chi connectivity index (χ3n) is 5.61. The highest BCUT2D eigenvalue weighted by Gasteiger charge is 2.30. The van der Waals surface area contributed by atoms with Crippen LogP contribution in [0.25, 0.3) is 10.8 Å². The highest BCUT2D eigenvalue weighted by atomic mass is 16.5. The molecule has 7 nitrogen and oxygen atoms in total. The second kappa shape index (κ2) is 9.24. The Kier molecular flexibility index (Phi) is 6.27. The number of amides is 4. The van der Waals surface area contributed by atoms with Gasteiger partial charge in [0.1, 0.15) is 0 Å². The van der Waals surface area contributed by atoms with E-state index in [0.717, 1.165) is 55.6 Å². The zero-order valence-electron chi connectivity index (χ0n) is 16.7. The molecule has 0 aliphatic carbocycles. The molecule has 2 heterocycles. The summed E-state index contributed by atoms with van der Waals surface area (Å²) in [5.41, 5.74) is 1.10. The second-order valence-corrected chi connectivity index (χ2v) is 7.53. The van der Waals surface area contributed by atoms with Crippen LogP contribution < -0.4 is 5.32 Å². The highest BCUT2D eigenvalue weighted by molar-refractivity contribution is 5.95. The Labute approximate surface area is 171 Å². The number of imide groups is 1. The summed E-state index contributed by atoms with van der Waals surface area (Å²) in [5, 5.41) is 5.03. The monoisotopic (exact) mass is 396 g/mol. The van der Waals surface area contributed by atoms with Crippen LogP contribution in [0.3, 0.4) is 0 Å². The van der Waals surface area contributed by atoms with Crippen LogP contribution in [0, 0.1) is 0 Å². The van der Waals surface area contributed by atoms with Crippen molar-refractivity contribution in [1.82, 2.24) is 20.0 Å².